The molecule has 3 aliphatic rings. The molecule has 2 atom stereocenters. The van der Waals surface area contributed by atoms with E-state index < -0.39 is 65.0 Å². The molecular formula is C25H24F6N4O3. The van der Waals surface area contributed by atoms with Crippen molar-refractivity contribution in [2.45, 2.75) is 61.7 Å². The third-order valence-electron chi connectivity index (χ3n) is 7.73. The maximum Gasteiger partial charge on any atom is 0.287 e. The minimum atomic E-state index is -3.84. The van der Waals surface area contributed by atoms with Gasteiger partial charge in [-0.15, -0.1) is 5.10 Å². The Morgan fingerprint density at radius 1 is 1.05 bits per heavy atom. The van der Waals surface area contributed by atoms with E-state index in [0.29, 0.717) is 11.8 Å². The molecule has 1 heterocycles. The standard InChI is InChI=1S/C25H24F6N4O3/c26-16-3-6-19(20(27)7-16)24(37,13-35-14-32-33-34-35)25(30,31)23-10-22(11-23,12-23)15-1-4-18(5-2-15)38-9-17(36)8-21(28)29/h1-7,14,17,21,36-37H,8-13H2. The van der Waals surface area contributed by atoms with Crippen LogP contribution < -0.4 is 4.74 Å². The van der Waals surface area contributed by atoms with Crippen molar-refractivity contribution in [1.29, 1.82) is 0 Å². The summed E-state index contributed by atoms with van der Waals surface area (Å²) in [5.41, 5.74) is -5.27. The van der Waals surface area contributed by atoms with Crippen molar-refractivity contribution in [3.05, 3.63) is 71.6 Å². The molecule has 2 unspecified atom stereocenters. The second-order valence-corrected chi connectivity index (χ2v) is 10.3. The van der Waals surface area contributed by atoms with Gasteiger partial charge in [-0.25, -0.2) is 31.0 Å². The van der Waals surface area contributed by atoms with Crippen LogP contribution in [0.2, 0.25) is 0 Å². The molecule has 6 rings (SSSR count). The highest BCUT2D eigenvalue weighted by Gasteiger charge is 2.82. The lowest BCUT2D eigenvalue weighted by Gasteiger charge is -2.74. The molecule has 3 aliphatic carbocycles. The van der Waals surface area contributed by atoms with Crippen LogP contribution in [0.3, 0.4) is 0 Å². The molecule has 7 nitrogen and oxygen atoms in total. The summed E-state index contributed by atoms with van der Waals surface area (Å²) < 4.78 is 91.6. The van der Waals surface area contributed by atoms with Gasteiger partial charge < -0.3 is 14.9 Å². The second kappa shape index (κ2) is 9.23. The summed E-state index contributed by atoms with van der Waals surface area (Å²) >= 11 is 0. The highest BCUT2D eigenvalue weighted by Crippen LogP contribution is 2.80. The Labute approximate surface area is 213 Å². The van der Waals surface area contributed by atoms with E-state index in [4.69, 9.17) is 4.74 Å². The van der Waals surface area contributed by atoms with Crippen LogP contribution in [0.25, 0.3) is 0 Å². The Hall–Kier alpha value is -3.19. The molecule has 13 heteroatoms. The summed E-state index contributed by atoms with van der Waals surface area (Å²) in [6, 6.07) is 8.55. The van der Waals surface area contributed by atoms with Crippen molar-refractivity contribution in [1.82, 2.24) is 20.2 Å². The van der Waals surface area contributed by atoms with Crippen molar-refractivity contribution in [2.24, 2.45) is 5.41 Å². The number of aromatic nitrogens is 4. The van der Waals surface area contributed by atoms with Crippen molar-refractivity contribution in [3.8, 4) is 5.75 Å². The maximum atomic E-state index is 16.2. The largest absolute Gasteiger partial charge is 0.491 e. The number of halogens is 6. The number of hydrogen-bond donors (Lipinski definition) is 2. The molecule has 38 heavy (non-hydrogen) atoms. The molecule has 1 aromatic heterocycles. The van der Waals surface area contributed by atoms with E-state index in [9.17, 15) is 27.8 Å². The number of benzene rings is 2. The van der Waals surface area contributed by atoms with E-state index in [1.807, 2.05) is 0 Å². The highest BCUT2D eigenvalue weighted by atomic mass is 19.3. The van der Waals surface area contributed by atoms with Gasteiger partial charge in [0.25, 0.3) is 5.92 Å². The van der Waals surface area contributed by atoms with Crippen molar-refractivity contribution in [2.75, 3.05) is 6.61 Å². The number of hydrogen-bond acceptors (Lipinski definition) is 6. The fourth-order valence-corrected chi connectivity index (χ4v) is 5.90. The maximum absolute atomic E-state index is 16.2. The highest BCUT2D eigenvalue weighted by molar-refractivity contribution is 5.44. The van der Waals surface area contributed by atoms with Crippen LogP contribution in [-0.2, 0) is 17.6 Å². The molecule has 3 saturated carbocycles. The first-order valence-electron chi connectivity index (χ1n) is 11.9. The Kier molecular flexibility index (Phi) is 6.41. The van der Waals surface area contributed by atoms with Crippen LogP contribution >= 0.6 is 0 Å². The van der Waals surface area contributed by atoms with Crippen molar-refractivity contribution in [3.63, 3.8) is 0 Å². The summed E-state index contributed by atoms with van der Waals surface area (Å²) in [5.74, 6) is -5.79. The van der Waals surface area contributed by atoms with Gasteiger partial charge in [-0.05, 0) is 64.9 Å². The van der Waals surface area contributed by atoms with Crippen LogP contribution in [0, 0.1) is 17.0 Å². The van der Waals surface area contributed by atoms with Gasteiger partial charge in [0.1, 0.15) is 30.3 Å². The number of alkyl halides is 4. The molecular weight excluding hydrogens is 518 g/mol. The Morgan fingerprint density at radius 2 is 1.74 bits per heavy atom. The van der Waals surface area contributed by atoms with Crippen LogP contribution in [-0.4, -0.2) is 55.5 Å². The fourth-order valence-electron chi connectivity index (χ4n) is 5.90. The third kappa shape index (κ3) is 4.21. The van der Waals surface area contributed by atoms with Gasteiger partial charge >= 0.3 is 0 Å². The predicted molar refractivity (Wildman–Crippen MR) is 120 cm³/mol. The quantitative estimate of drug-likeness (QED) is 0.356. The van der Waals surface area contributed by atoms with Gasteiger partial charge in [0.15, 0.2) is 5.60 Å². The number of ether oxygens (including phenoxy) is 1. The third-order valence-corrected chi connectivity index (χ3v) is 7.73. The Morgan fingerprint density at radius 3 is 2.32 bits per heavy atom. The Bertz CT molecular complexity index is 1270. The van der Waals surface area contributed by atoms with E-state index in [-0.39, 0.29) is 25.9 Å². The van der Waals surface area contributed by atoms with Crippen LogP contribution in [0.5, 0.6) is 5.75 Å². The molecule has 204 valence electrons. The lowest BCUT2D eigenvalue weighted by molar-refractivity contribution is -0.347. The summed E-state index contributed by atoms with van der Waals surface area (Å²) in [4.78, 5) is 0. The van der Waals surface area contributed by atoms with Gasteiger partial charge in [0, 0.05) is 23.5 Å². The number of aliphatic hydroxyl groups is 2. The molecule has 2 N–H and O–H groups in total. The van der Waals surface area contributed by atoms with Crippen LogP contribution in [0.1, 0.15) is 36.8 Å². The smallest absolute Gasteiger partial charge is 0.287 e. The lowest BCUT2D eigenvalue weighted by atomic mass is 9.30. The second-order valence-electron chi connectivity index (χ2n) is 10.3. The van der Waals surface area contributed by atoms with E-state index in [1.165, 1.54) is 0 Å². The van der Waals surface area contributed by atoms with Crippen LogP contribution in [0.15, 0.2) is 48.8 Å². The molecule has 2 aromatic carbocycles. The van der Waals surface area contributed by atoms with Gasteiger partial charge in [-0.3, -0.25) is 0 Å². The molecule has 2 bridgehead atoms. The van der Waals surface area contributed by atoms with E-state index in [2.05, 4.69) is 15.5 Å². The Balaban J connectivity index is 1.33. The first-order chi connectivity index (χ1) is 17.9. The lowest BCUT2D eigenvalue weighted by Crippen LogP contribution is -2.76. The summed E-state index contributed by atoms with van der Waals surface area (Å²) in [6.07, 6.45) is -3.63. The molecule has 3 aromatic rings. The zero-order valence-corrected chi connectivity index (χ0v) is 19.9. The minimum absolute atomic E-state index is 0.0149. The number of tetrazole rings is 1. The first-order valence-corrected chi connectivity index (χ1v) is 11.9. The van der Waals surface area contributed by atoms with Crippen molar-refractivity contribution >= 4 is 0 Å². The topological polar surface area (TPSA) is 93.3 Å². The summed E-state index contributed by atoms with van der Waals surface area (Å²) in [6.45, 7) is -1.17. The SMILES string of the molecule is OC(COc1ccc(C23CC(C(F)(F)C(O)(Cn4cnnn4)c4ccc(F)cc4F)(C2)C3)cc1)CC(F)F. The molecule has 0 amide bonds. The van der Waals surface area contributed by atoms with Gasteiger partial charge in [-0.1, -0.05) is 12.1 Å². The number of aliphatic hydroxyl groups excluding tert-OH is 1. The van der Waals surface area contributed by atoms with Crippen molar-refractivity contribution < 1.29 is 41.3 Å². The predicted octanol–water partition coefficient (Wildman–Crippen LogP) is 3.99. The summed E-state index contributed by atoms with van der Waals surface area (Å²) in [7, 11) is 0. The molecule has 0 aliphatic heterocycles. The zero-order valence-electron chi connectivity index (χ0n) is 19.9. The average Bonchev–Trinajstić information content (AvgIpc) is 3.28. The molecule has 3 fully saturated rings. The van der Waals surface area contributed by atoms with E-state index in [0.717, 1.165) is 28.7 Å². The zero-order chi connectivity index (χ0) is 27.3. The minimum Gasteiger partial charge on any atom is -0.491 e. The summed E-state index contributed by atoms with van der Waals surface area (Å²) in [5, 5.41) is 31.3. The number of rotatable bonds is 11. The van der Waals surface area contributed by atoms with Crippen LogP contribution in [0.4, 0.5) is 26.3 Å². The van der Waals surface area contributed by atoms with Gasteiger partial charge in [-0.2, -0.15) is 0 Å². The molecule has 0 radical (unpaired) electrons. The van der Waals surface area contributed by atoms with Gasteiger partial charge in [0.2, 0.25) is 6.43 Å². The van der Waals surface area contributed by atoms with E-state index >= 15 is 8.78 Å². The average molecular weight is 542 g/mol. The molecule has 0 spiro atoms. The molecule has 0 saturated heterocycles. The normalized spacial score (nSPS) is 24.9. The first kappa shape index (κ1) is 26.4. The number of nitrogens with zero attached hydrogens (tertiary/aromatic N) is 4. The van der Waals surface area contributed by atoms with E-state index in [1.54, 1.807) is 24.3 Å². The van der Waals surface area contributed by atoms with Gasteiger partial charge in [0.05, 0.1) is 12.6 Å². The monoisotopic (exact) mass is 542 g/mol. The fraction of sp³-hybridized carbons (Fsp3) is 0.480.